The topological polar surface area (TPSA) is 90.2 Å². The van der Waals surface area contributed by atoms with Gasteiger partial charge in [-0.15, -0.1) is 10.2 Å². The van der Waals surface area contributed by atoms with Crippen LogP contribution in [0.2, 0.25) is 0 Å². The highest BCUT2D eigenvalue weighted by molar-refractivity contribution is 9.10. The summed E-state index contributed by atoms with van der Waals surface area (Å²) >= 11 is 4.62. The molecule has 112 valence electrons. The number of nitrogens with zero attached hydrogens (tertiary/aromatic N) is 3. The molecule has 1 aromatic carbocycles. The van der Waals surface area contributed by atoms with Gasteiger partial charge in [-0.05, 0) is 12.5 Å². The number of anilines is 1. The van der Waals surface area contributed by atoms with Crippen molar-refractivity contribution in [3.63, 3.8) is 0 Å². The third kappa shape index (κ3) is 4.64. The molecule has 0 bridgehead atoms. The second-order valence-electron chi connectivity index (χ2n) is 4.12. The summed E-state index contributed by atoms with van der Waals surface area (Å²) in [4.78, 5) is 10.3. The van der Waals surface area contributed by atoms with Gasteiger partial charge in [0.15, 0.2) is 5.01 Å². The molecule has 0 saturated heterocycles. The van der Waals surface area contributed by atoms with E-state index in [1.165, 1.54) is 23.5 Å². The van der Waals surface area contributed by atoms with E-state index in [2.05, 4.69) is 38.4 Å². The van der Waals surface area contributed by atoms with Crippen molar-refractivity contribution in [3.8, 4) is 5.75 Å². The Bertz CT molecular complexity index is 635. The molecule has 21 heavy (non-hydrogen) atoms. The van der Waals surface area contributed by atoms with Crippen molar-refractivity contribution in [1.82, 2.24) is 10.2 Å². The molecule has 2 aromatic rings. The van der Waals surface area contributed by atoms with Crippen LogP contribution in [0.5, 0.6) is 5.75 Å². The minimum absolute atomic E-state index is 0.0260. The van der Waals surface area contributed by atoms with Crippen LogP contribution in [0.3, 0.4) is 0 Å². The number of halogens is 1. The fraction of sp³-hybridized carbons (Fsp3) is 0.333. The minimum Gasteiger partial charge on any atom is -0.486 e. The van der Waals surface area contributed by atoms with Gasteiger partial charge < -0.3 is 10.1 Å². The van der Waals surface area contributed by atoms with Gasteiger partial charge in [0.1, 0.15) is 12.4 Å². The highest BCUT2D eigenvalue weighted by Gasteiger charge is 2.10. The Hall–Kier alpha value is -1.74. The molecular formula is C12H13BrN4O3S. The molecule has 0 atom stereocenters. The largest absolute Gasteiger partial charge is 0.486 e. The number of benzene rings is 1. The molecule has 0 aliphatic rings. The van der Waals surface area contributed by atoms with Crippen molar-refractivity contribution in [2.45, 2.75) is 20.0 Å². The van der Waals surface area contributed by atoms with Crippen molar-refractivity contribution >= 4 is 38.1 Å². The van der Waals surface area contributed by atoms with E-state index in [4.69, 9.17) is 4.74 Å². The maximum atomic E-state index is 10.8. The molecular weight excluding hydrogens is 360 g/mol. The summed E-state index contributed by atoms with van der Waals surface area (Å²) in [5.74, 6) is 0.411. The van der Waals surface area contributed by atoms with E-state index in [0.29, 0.717) is 15.2 Å². The monoisotopic (exact) mass is 372 g/mol. The van der Waals surface area contributed by atoms with Crippen LogP contribution in [-0.2, 0) is 6.61 Å². The molecule has 2 rings (SSSR count). The fourth-order valence-electron chi connectivity index (χ4n) is 1.50. The lowest BCUT2D eigenvalue weighted by Crippen LogP contribution is -1.98. The van der Waals surface area contributed by atoms with Crippen molar-refractivity contribution < 1.29 is 9.66 Å². The van der Waals surface area contributed by atoms with Crippen LogP contribution in [-0.4, -0.2) is 21.7 Å². The van der Waals surface area contributed by atoms with E-state index in [9.17, 15) is 10.1 Å². The number of ether oxygens (including phenoxy) is 1. The van der Waals surface area contributed by atoms with E-state index in [-0.39, 0.29) is 12.3 Å². The van der Waals surface area contributed by atoms with E-state index < -0.39 is 4.92 Å². The number of non-ortho nitro benzene ring substituents is 1. The quantitative estimate of drug-likeness (QED) is 0.589. The van der Waals surface area contributed by atoms with Gasteiger partial charge in [-0.25, -0.2) is 0 Å². The van der Waals surface area contributed by atoms with Crippen LogP contribution in [0.15, 0.2) is 22.7 Å². The molecule has 0 spiro atoms. The Morgan fingerprint density at radius 1 is 1.43 bits per heavy atom. The van der Waals surface area contributed by atoms with E-state index in [1.54, 1.807) is 6.07 Å². The lowest BCUT2D eigenvalue weighted by molar-refractivity contribution is -0.385. The van der Waals surface area contributed by atoms with E-state index >= 15 is 0 Å². The zero-order valence-electron chi connectivity index (χ0n) is 11.2. The van der Waals surface area contributed by atoms with Gasteiger partial charge in [0.05, 0.1) is 11.0 Å². The smallest absolute Gasteiger partial charge is 0.274 e. The van der Waals surface area contributed by atoms with Gasteiger partial charge in [0.25, 0.3) is 5.69 Å². The third-order valence-corrected chi connectivity index (χ3v) is 3.73. The number of hydrogen-bond acceptors (Lipinski definition) is 7. The van der Waals surface area contributed by atoms with Crippen LogP contribution in [0.25, 0.3) is 0 Å². The predicted molar refractivity (Wildman–Crippen MR) is 83.8 cm³/mol. The maximum absolute atomic E-state index is 10.8. The molecule has 0 fully saturated rings. The molecule has 0 aliphatic heterocycles. The number of nitro benzene ring substituents is 1. The number of aromatic nitrogens is 2. The van der Waals surface area contributed by atoms with Crippen LogP contribution in [0.1, 0.15) is 18.4 Å². The third-order valence-electron chi connectivity index (χ3n) is 2.42. The van der Waals surface area contributed by atoms with Crippen molar-refractivity contribution in [1.29, 1.82) is 0 Å². The first kappa shape index (κ1) is 15.6. The number of nitro groups is 1. The number of hydrogen-bond donors (Lipinski definition) is 1. The SMILES string of the molecule is CCCNc1nnc(COc2cc(Br)cc([N+](=O)[O-])c2)s1. The molecule has 9 heteroatoms. The van der Waals surface area contributed by atoms with E-state index in [0.717, 1.165) is 18.1 Å². The second kappa shape index (κ2) is 7.32. The molecule has 0 amide bonds. The van der Waals surface area contributed by atoms with Crippen LogP contribution < -0.4 is 10.1 Å². The molecule has 7 nitrogen and oxygen atoms in total. The highest BCUT2D eigenvalue weighted by Crippen LogP contribution is 2.27. The standard InChI is InChI=1S/C12H13BrN4O3S/c1-2-3-14-12-16-15-11(21-12)7-20-10-5-8(13)4-9(6-10)17(18)19/h4-6H,2-3,7H2,1H3,(H,14,16). The van der Waals surface area contributed by atoms with Gasteiger partial charge in [0.2, 0.25) is 5.13 Å². The maximum Gasteiger partial charge on any atom is 0.274 e. The number of nitrogens with one attached hydrogen (secondary N) is 1. The molecule has 1 heterocycles. The lowest BCUT2D eigenvalue weighted by atomic mass is 10.3. The van der Waals surface area contributed by atoms with Gasteiger partial charge in [-0.3, -0.25) is 10.1 Å². The van der Waals surface area contributed by atoms with Crippen LogP contribution in [0.4, 0.5) is 10.8 Å². The zero-order chi connectivity index (χ0) is 15.2. The summed E-state index contributed by atoms with van der Waals surface area (Å²) in [5.41, 5.74) is -0.0260. The molecule has 1 aromatic heterocycles. The average Bonchev–Trinajstić information content (AvgIpc) is 2.90. The van der Waals surface area contributed by atoms with E-state index in [1.807, 2.05) is 0 Å². The molecule has 0 saturated carbocycles. The van der Waals surface area contributed by atoms with Crippen molar-refractivity contribution in [2.75, 3.05) is 11.9 Å². The highest BCUT2D eigenvalue weighted by atomic mass is 79.9. The van der Waals surface area contributed by atoms with Gasteiger partial charge >= 0.3 is 0 Å². The first-order chi connectivity index (χ1) is 10.1. The number of rotatable bonds is 7. The Labute approximate surface area is 133 Å². The average molecular weight is 373 g/mol. The normalized spacial score (nSPS) is 10.4. The van der Waals surface area contributed by atoms with Gasteiger partial charge in [0, 0.05) is 17.1 Å². The molecule has 0 radical (unpaired) electrons. The molecule has 0 aliphatic carbocycles. The first-order valence-electron chi connectivity index (χ1n) is 6.22. The summed E-state index contributed by atoms with van der Waals surface area (Å²) in [5, 5.41) is 23.4. The molecule has 1 N–H and O–H groups in total. The van der Waals surface area contributed by atoms with Crippen molar-refractivity contribution in [2.24, 2.45) is 0 Å². The summed E-state index contributed by atoms with van der Waals surface area (Å²) in [6.45, 7) is 3.13. The lowest BCUT2D eigenvalue weighted by Gasteiger charge is -2.04. The van der Waals surface area contributed by atoms with Crippen molar-refractivity contribution in [3.05, 3.63) is 37.8 Å². The summed E-state index contributed by atoms with van der Waals surface area (Å²) in [6, 6.07) is 4.47. The zero-order valence-corrected chi connectivity index (χ0v) is 13.6. The Kier molecular flexibility index (Phi) is 5.45. The van der Waals surface area contributed by atoms with Gasteiger partial charge in [-0.1, -0.05) is 34.2 Å². The predicted octanol–water partition coefficient (Wildman–Crippen LogP) is 3.61. The fourth-order valence-corrected chi connectivity index (χ4v) is 2.64. The Morgan fingerprint density at radius 2 is 2.24 bits per heavy atom. The second-order valence-corrected chi connectivity index (χ2v) is 6.10. The Morgan fingerprint density at radius 3 is 2.95 bits per heavy atom. The van der Waals surface area contributed by atoms with Crippen LogP contribution in [0, 0.1) is 10.1 Å². The molecule has 0 unspecified atom stereocenters. The Balaban J connectivity index is 1.99. The van der Waals surface area contributed by atoms with Crippen LogP contribution >= 0.6 is 27.3 Å². The summed E-state index contributed by atoms with van der Waals surface area (Å²) in [6.07, 6.45) is 1.01. The minimum atomic E-state index is -0.463. The van der Waals surface area contributed by atoms with Gasteiger partial charge in [-0.2, -0.15) is 0 Å². The summed E-state index contributed by atoms with van der Waals surface area (Å²) in [7, 11) is 0. The summed E-state index contributed by atoms with van der Waals surface area (Å²) < 4.78 is 6.12. The first-order valence-corrected chi connectivity index (χ1v) is 7.83.